The highest BCUT2D eigenvalue weighted by Gasteiger charge is 2.22. The van der Waals surface area contributed by atoms with Gasteiger partial charge >= 0.3 is 0 Å². The van der Waals surface area contributed by atoms with E-state index in [0.29, 0.717) is 12.1 Å². The van der Waals surface area contributed by atoms with Crippen molar-refractivity contribution in [1.29, 1.82) is 0 Å². The molecule has 1 fully saturated rings. The summed E-state index contributed by atoms with van der Waals surface area (Å²) in [7, 11) is 2.16. The van der Waals surface area contributed by atoms with Crippen LogP contribution in [0.2, 0.25) is 0 Å². The molecule has 2 rings (SSSR count). The molecule has 1 aliphatic carbocycles. The first-order chi connectivity index (χ1) is 7.65. The first-order valence-corrected chi connectivity index (χ1v) is 6.64. The lowest BCUT2D eigenvalue weighted by Crippen LogP contribution is -2.38. The highest BCUT2D eigenvalue weighted by molar-refractivity contribution is 9.10. The molecule has 0 unspecified atom stereocenters. The fourth-order valence-electron chi connectivity index (χ4n) is 2.35. The van der Waals surface area contributed by atoms with Crippen molar-refractivity contribution in [3.05, 3.63) is 22.6 Å². The van der Waals surface area contributed by atoms with Crippen LogP contribution in [-0.2, 0) is 6.54 Å². The molecule has 0 atom stereocenters. The minimum absolute atomic E-state index is 0.419. The van der Waals surface area contributed by atoms with Crippen molar-refractivity contribution >= 4 is 15.9 Å². The van der Waals surface area contributed by atoms with E-state index in [1.54, 1.807) is 0 Å². The van der Waals surface area contributed by atoms with Crippen LogP contribution in [0.25, 0.3) is 0 Å². The third-order valence-electron chi connectivity index (χ3n) is 3.40. The lowest BCUT2D eigenvalue weighted by atomic mass is 9.91. The van der Waals surface area contributed by atoms with E-state index < -0.39 is 0 Å². The molecule has 0 amide bonds. The number of nitrogens with two attached hydrogens (primary N) is 1. The van der Waals surface area contributed by atoms with Gasteiger partial charge in [-0.1, -0.05) is 0 Å². The van der Waals surface area contributed by atoms with E-state index in [2.05, 4.69) is 27.9 Å². The quantitative estimate of drug-likeness (QED) is 0.929. The summed E-state index contributed by atoms with van der Waals surface area (Å²) in [5.41, 5.74) is 5.91. The van der Waals surface area contributed by atoms with Gasteiger partial charge in [0.1, 0.15) is 5.76 Å². The molecule has 0 bridgehead atoms. The van der Waals surface area contributed by atoms with Crippen molar-refractivity contribution in [2.45, 2.75) is 44.3 Å². The normalized spacial score (nSPS) is 26.2. The molecule has 3 nitrogen and oxygen atoms in total. The summed E-state index contributed by atoms with van der Waals surface area (Å²) in [6.07, 6.45) is 4.72. The largest absolute Gasteiger partial charge is 0.453 e. The summed E-state index contributed by atoms with van der Waals surface area (Å²) in [4.78, 5) is 2.37. The van der Waals surface area contributed by atoms with E-state index in [1.807, 2.05) is 12.1 Å². The Morgan fingerprint density at radius 2 is 2.06 bits per heavy atom. The van der Waals surface area contributed by atoms with Crippen LogP contribution in [0.3, 0.4) is 0 Å². The Kier molecular flexibility index (Phi) is 4.05. The van der Waals surface area contributed by atoms with E-state index in [9.17, 15) is 0 Å². The zero-order valence-electron chi connectivity index (χ0n) is 9.66. The van der Waals surface area contributed by atoms with E-state index in [-0.39, 0.29) is 0 Å². The van der Waals surface area contributed by atoms with Crippen LogP contribution in [0.5, 0.6) is 0 Å². The van der Waals surface area contributed by atoms with Gasteiger partial charge in [-0.3, -0.25) is 4.90 Å². The number of halogens is 1. The van der Waals surface area contributed by atoms with Crippen molar-refractivity contribution in [3.8, 4) is 0 Å². The number of furan rings is 1. The van der Waals surface area contributed by atoms with Crippen molar-refractivity contribution in [2.75, 3.05) is 7.05 Å². The number of nitrogens with zero attached hydrogens (tertiary/aromatic N) is 1. The molecule has 0 spiro atoms. The predicted molar refractivity (Wildman–Crippen MR) is 68.1 cm³/mol. The molecule has 0 saturated heterocycles. The standard InChI is InChI=1S/C12H19BrN2O/c1-15(8-11-6-7-12(13)16-11)10-4-2-9(14)3-5-10/h6-7,9-10H,2-5,8,14H2,1H3. The van der Waals surface area contributed by atoms with Crippen molar-refractivity contribution in [1.82, 2.24) is 4.90 Å². The molecule has 1 saturated carbocycles. The van der Waals surface area contributed by atoms with Gasteiger partial charge in [-0.25, -0.2) is 0 Å². The topological polar surface area (TPSA) is 42.4 Å². The van der Waals surface area contributed by atoms with E-state index in [4.69, 9.17) is 10.2 Å². The van der Waals surface area contributed by atoms with Crippen LogP contribution in [0.4, 0.5) is 0 Å². The minimum atomic E-state index is 0.419. The summed E-state index contributed by atoms with van der Waals surface area (Å²) >= 11 is 3.32. The maximum Gasteiger partial charge on any atom is 0.169 e. The second kappa shape index (κ2) is 5.34. The van der Waals surface area contributed by atoms with Gasteiger partial charge in [0.25, 0.3) is 0 Å². The van der Waals surface area contributed by atoms with Crippen LogP contribution in [0.1, 0.15) is 31.4 Å². The van der Waals surface area contributed by atoms with Gasteiger partial charge in [-0.2, -0.15) is 0 Å². The predicted octanol–water partition coefficient (Wildman–Crippen LogP) is 2.74. The summed E-state index contributed by atoms with van der Waals surface area (Å²) in [5.74, 6) is 1.02. The Morgan fingerprint density at radius 3 is 2.62 bits per heavy atom. The van der Waals surface area contributed by atoms with Crippen molar-refractivity contribution in [3.63, 3.8) is 0 Å². The van der Waals surface area contributed by atoms with Crippen LogP contribution >= 0.6 is 15.9 Å². The Morgan fingerprint density at radius 1 is 1.38 bits per heavy atom. The SMILES string of the molecule is CN(Cc1ccc(Br)o1)C1CCC(N)CC1. The highest BCUT2D eigenvalue weighted by atomic mass is 79.9. The van der Waals surface area contributed by atoms with Crippen molar-refractivity contribution in [2.24, 2.45) is 5.73 Å². The average molecular weight is 287 g/mol. The Labute approximate surface area is 105 Å². The summed E-state index contributed by atoms with van der Waals surface area (Å²) in [6.45, 7) is 0.880. The van der Waals surface area contributed by atoms with Gasteiger partial charge in [0.15, 0.2) is 4.67 Å². The van der Waals surface area contributed by atoms with E-state index in [1.165, 1.54) is 12.8 Å². The second-order valence-corrected chi connectivity index (χ2v) is 5.47. The molecule has 1 heterocycles. The van der Waals surface area contributed by atoms with Gasteiger partial charge in [0.2, 0.25) is 0 Å². The summed E-state index contributed by atoms with van der Waals surface area (Å²) in [6, 6.07) is 5.04. The lowest BCUT2D eigenvalue weighted by Gasteiger charge is -2.32. The number of hydrogen-bond acceptors (Lipinski definition) is 3. The third-order valence-corrected chi connectivity index (χ3v) is 3.83. The Hall–Kier alpha value is -0.320. The van der Waals surface area contributed by atoms with Crippen LogP contribution in [0, 0.1) is 0 Å². The average Bonchev–Trinajstić information content (AvgIpc) is 2.65. The van der Waals surface area contributed by atoms with Gasteiger partial charge in [-0.15, -0.1) is 0 Å². The monoisotopic (exact) mass is 286 g/mol. The number of hydrogen-bond donors (Lipinski definition) is 1. The fraction of sp³-hybridized carbons (Fsp3) is 0.667. The third kappa shape index (κ3) is 3.09. The maximum atomic E-state index is 5.91. The molecule has 1 aromatic heterocycles. The van der Waals surface area contributed by atoms with Gasteiger partial charge < -0.3 is 10.2 Å². The first kappa shape index (κ1) is 12.1. The molecule has 1 aliphatic rings. The molecule has 0 aliphatic heterocycles. The molecular formula is C12H19BrN2O. The van der Waals surface area contributed by atoms with Gasteiger partial charge in [0.05, 0.1) is 6.54 Å². The summed E-state index contributed by atoms with van der Waals surface area (Å²) in [5, 5.41) is 0. The lowest BCUT2D eigenvalue weighted by molar-refractivity contribution is 0.165. The second-order valence-electron chi connectivity index (χ2n) is 4.69. The molecule has 4 heteroatoms. The van der Waals surface area contributed by atoms with E-state index >= 15 is 0 Å². The first-order valence-electron chi connectivity index (χ1n) is 5.85. The molecule has 0 radical (unpaired) electrons. The van der Waals surface area contributed by atoms with Crippen LogP contribution < -0.4 is 5.73 Å². The Bertz CT molecular complexity index is 332. The molecule has 0 aromatic carbocycles. The molecule has 1 aromatic rings. The van der Waals surface area contributed by atoms with Crippen LogP contribution in [-0.4, -0.2) is 24.0 Å². The molecule has 2 N–H and O–H groups in total. The molecular weight excluding hydrogens is 268 g/mol. The molecule has 16 heavy (non-hydrogen) atoms. The van der Waals surface area contributed by atoms with Crippen molar-refractivity contribution < 1.29 is 4.42 Å². The van der Waals surface area contributed by atoms with Crippen LogP contribution in [0.15, 0.2) is 21.2 Å². The summed E-state index contributed by atoms with van der Waals surface area (Å²) < 4.78 is 6.32. The minimum Gasteiger partial charge on any atom is -0.453 e. The molecule has 90 valence electrons. The smallest absolute Gasteiger partial charge is 0.169 e. The Balaban J connectivity index is 1.85. The zero-order chi connectivity index (χ0) is 11.5. The van der Waals surface area contributed by atoms with E-state index in [0.717, 1.165) is 29.8 Å². The van der Waals surface area contributed by atoms with Gasteiger partial charge in [0, 0.05) is 12.1 Å². The zero-order valence-corrected chi connectivity index (χ0v) is 11.2. The number of rotatable bonds is 3. The highest BCUT2D eigenvalue weighted by Crippen LogP contribution is 2.23. The fourth-order valence-corrected chi connectivity index (χ4v) is 2.69. The maximum absolute atomic E-state index is 5.91. The van der Waals surface area contributed by atoms with Gasteiger partial charge in [-0.05, 0) is 60.8 Å².